The molecule has 0 aliphatic rings. The summed E-state index contributed by atoms with van der Waals surface area (Å²) in [5.74, 6) is 0.807. The number of hydrogen-bond acceptors (Lipinski definition) is 4. The van der Waals surface area contributed by atoms with Gasteiger partial charge in [-0.05, 0) is 45.0 Å². The second-order valence-corrected chi connectivity index (χ2v) is 6.43. The van der Waals surface area contributed by atoms with E-state index in [-0.39, 0.29) is 16.7 Å². The number of nitrogens with two attached hydrogens (primary N) is 1. The maximum atomic E-state index is 12.0. The van der Waals surface area contributed by atoms with Crippen LogP contribution in [-0.4, -0.2) is 30.4 Å². The molecule has 1 rings (SSSR count). The van der Waals surface area contributed by atoms with Gasteiger partial charge in [-0.15, -0.1) is 11.8 Å². The third kappa shape index (κ3) is 5.12. The van der Waals surface area contributed by atoms with Crippen molar-refractivity contribution < 1.29 is 9.53 Å². The highest BCUT2D eigenvalue weighted by Gasteiger charge is 2.22. The zero-order chi connectivity index (χ0) is 14.5. The van der Waals surface area contributed by atoms with Crippen LogP contribution in [0.3, 0.4) is 0 Å². The Bertz CT molecular complexity index is 418. The summed E-state index contributed by atoms with van der Waals surface area (Å²) in [4.78, 5) is 13.1. The number of nitrogens with one attached hydrogen (secondary N) is 1. The summed E-state index contributed by atoms with van der Waals surface area (Å²) in [5, 5.41) is 2.77. The van der Waals surface area contributed by atoms with Gasteiger partial charge in [-0.1, -0.05) is 0 Å². The van der Waals surface area contributed by atoms with E-state index in [1.165, 1.54) is 11.8 Å². The number of methoxy groups -OCH3 is 1. The fourth-order valence-electron chi connectivity index (χ4n) is 1.40. The van der Waals surface area contributed by atoms with E-state index >= 15 is 0 Å². The van der Waals surface area contributed by atoms with Crippen molar-refractivity contribution in [2.75, 3.05) is 13.7 Å². The van der Waals surface area contributed by atoms with E-state index in [2.05, 4.69) is 5.32 Å². The molecule has 0 radical (unpaired) electrons. The smallest absolute Gasteiger partial charge is 0.233 e. The quantitative estimate of drug-likeness (QED) is 0.784. The lowest BCUT2D eigenvalue weighted by Crippen LogP contribution is -2.51. The summed E-state index contributed by atoms with van der Waals surface area (Å²) >= 11 is 1.51. The van der Waals surface area contributed by atoms with Gasteiger partial charge in [0.25, 0.3) is 0 Å². The zero-order valence-corrected chi connectivity index (χ0v) is 12.7. The molecule has 0 aliphatic carbocycles. The minimum Gasteiger partial charge on any atom is -0.497 e. The van der Waals surface area contributed by atoms with Crippen molar-refractivity contribution in [1.29, 1.82) is 0 Å². The predicted molar refractivity (Wildman–Crippen MR) is 79.6 cm³/mol. The third-order valence-corrected chi connectivity index (χ3v) is 3.83. The molecule has 0 spiro atoms. The van der Waals surface area contributed by atoms with Crippen LogP contribution in [-0.2, 0) is 4.79 Å². The van der Waals surface area contributed by atoms with Gasteiger partial charge in [0.15, 0.2) is 0 Å². The lowest BCUT2D eigenvalue weighted by atomic mass is 10.1. The average molecular weight is 282 g/mol. The molecule has 5 heteroatoms. The zero-order valence-electron chi connectivity index (χ0n) is 11.9. The van der Waals surface area contributed by atoms with Crippen LogP contribution in [0.2, 0.25) is 0 Å². The Kier molecular flexibility index (Phi) is 5.69. The molecule has 1 atom stereocenters. The van der Waals surface area contributed by atoms with Gasteiger partial charge in [-0.2, -0.15) is 0 Å². The molecular weight excluding hydrogens is 260 g/mol. The van der Waals surface area contributed by atoms with Crippen LogP contribution in [0.15, 0.2) is 29.2 Å². The summed E-state index contributed by atoms with van der Waals surface area (Å²) in [5.41, 5.74) is 5.23. The summed E-state index contributed by atoms with van der Waals surface area (Å²) in [6, 6.07) is 7.66. The fraction of sp³-hybridized carbons (Fsp3) is 0.500. The molecule has 0 aliphatic heterocycles. The molecule has 1 amide bonds. The van der Waals surface area contributed by atoms with Crippen molar-refractivity contribution in [3.63, 3.8) is 0 Å². The third-order valence-electron chi connectivity index (χ3n) is 2.71. The van der Waals surface area contributed by atoms with E-state index in [4.69, 9.17) is 10.5 Å². The van der Waals surface area contributed by atoms with E-state index in [9.17, 15) is 4.79 Å². The van der Waals surface area contributed by atoms with Crippen LogP contribution in [0.5, 0.6) is 5.75 Å². The molecule has 3 N–H and O–H groups in total. The van der Waals surface area contributed by atoms with E-state index in [1.807, 2.05) is 45.0 Å². The van der Waals surface area contributed by atoms with E-state index in [1.54, 1.807) is 7.11 Å². The molecule has 106 valence electrons. The summed E-state index contributed by atoms with van der Waals surface area (Å²) < 4.78 is 5.10. The Morgan fingerprint density at radius 2 is 2.00 bits per heavy atom. The molecule has 0 saturated heterocycles. The van der Waals surface area contributed by atoms with E-state index in [0.29, 0.717) is 6.54 Å². The van der Waals surface area contributed by atoms with Crippen molar-refractivity contribution in [2.24, 2.45) is 5.73 Å². The van der Waals surface area contributed by atoms with Gasteiger partial charge in [0.05, 0.1) is 12.4 Å². The first-order valence-corrected chi connectivity index (χ1v) is 7.09. The standard InChI is InChI=1S/C14H22N2O2S/c1-10(13(17)16-14(2,3)9-15)19-12-7-5-11(18-4)6-8-12/h5-8,10H,9,15H2,1-4H3,(H,16,17). The number of carbonyl (C=O) groups excluding carboxylic acids is 1. The molecule has 1 unspecified atom stereocenters. The van der Waals surface area contributed by atoms with Gasteiger partial charge in [0, 0.05) is 17.0 Å². The Balaban J connectivity index is 2.58. The predicted octanol–water partition coefficient (Wildman–Crippen LogP) is 2.03. The lowest BCUT2D eigenvalue weighted by molar-refractivity contribution is -0.121. The van der Waals surface area contributed by atoms with Gasteiger partial charge >= 0.3 is 0 Å². The minimum absolute atomic E-state index is 0.00346. The monoisotopic (exact) mass is 282 g/mol. The number of hydrogen-bond donors (Lipinski definition) is 2. The molecule has 19 heavy (non-hydrogen) atoms. The number of carbonyl (C=O) groups is 1. The fourth-order valence-corrected chi connectivity index (χ4v) is 2.27. The molecule has 0 fully saturated rings. The van der Waals surface area contributed by atoms with Crippen molar-refractivity contribution in [3.8, 4) is 5.75 Å². The second-order valence-electron chi connectivity index (χ2n) is 5.01. The highest BCUT2D eigenvalue weighted by molar-refractivity contribution is 8.00. The molecule has 4 nitrogen and oxygen atoms in total. The normalized spacial score (nSPS) is 12.9. The first-order valence-electron chi connectivity index (χ1n) is 6.21. The molecule has 0 bridgehead atoms. The number of benzene rings is 1. The first-order chi connectivity index (χ1) is 8.88. The maximum Gasteiger partial charge on any atom is 0.233 e. The molecule has 1 aromatic rings. The van der Waals surface area contributed by atoms with Crippen LogP contribution in [0.4, 0.5) is 0 Å². The Labute approximate surface area is 119 Å². The minimum atomic E-state index is -0.369. The largest absolute Gasteiger partial charge is 0.497 e. The summed E-state index contributed by atoms with van der Waals surface area (Å²) in [7, 11) is 1.63. The Morgan fingerprint density at radius 3 is 2.47 bits per heavy atom. The second kappa shape index (κ2) is 6.82. The molecule has 0 saturated carbocycles. The molecule has 0 heterocycles. The van der Waals surface area contributed by atoms with Crippen LogP contribution < -0.4 is 15.8 Å². The van der Waals surface area contributed by atoms with Gasteiger partial charge in [0.2, 0.25) is 5.91 Å². The highest BCUT2D eigenvalue weighted by Crippen LogP contribution is 2.25. The highest BCUT2D eigenvalue weighted by atomic mass is 32.2. The first kappa shape index (κ1) is 15.9. The number of thioether (sulfide) groups is 1. The number of amides is 1. The SMILES string of the molecule is COc1ccc(SC(C)C(=O)NC(C)(C)CN)cc1. The van der Waals surface area contributed by atoms with E-state index in [0.717, 1.165) is 10.6 Å². The van der Waals surface area contributed by atoms with Gasteiger partial charge in [0.1, 0.15) is 5.75 Å². The van der Waals surface area contributed by atoms with Crippen LogP contribution in [0.25, 0.3) is 0 Å². The number of rotatable bonds is 6. The topological polar surface area (TPSA) is 64.3 Å². The van der Waals surface area contributed by atoms with Crippen LogP contribution in [0.1, 0.15) is 20.8 Å². The molecule has 0 aromatic heterocycles. The molecule has 1 aromatic carbocycles. The summed E-state index contributed by atoms with van der Waals surface area (Å²) in [6.07, 6.45) is 0. The van der Waals surface area contributed by atoms with Crippen molar-refractivity contribution in [2.45, 2.75) is 36.5 Å². The van der Waals surface area contributed by atoms with Crippen LogP contribution in [0, 0.1) is 0 Å². The van der Waals surface area contributed by atoms with Gasteiger partial charge < -0.3 is 15.8 Å². The lowest BCUT2D eigenvalue weighted by Gasteiger charge is -2.26. The van der Waals surface area contributed by atoms with Crippen molar-refractivity contribution >= 4 is 17.7 Å². The van der Waals surface area contributed by atoms with Gasteiger partial charge in [-0.3, -0.25) is 4.79 Å². The summed E-state index contributed by atoms with van der Waals surface area (Å²) in [6.45, 7) is 6.13. The average Bonchev–Trinajstić information content (AvgIpc) is 2.39. The maximum absolute atomic E-state index is 12.0. The van der Waals surface area contributed by atoms with E-state index < -0.39 is 0 Å². The molecular formula is C14H22N2O2S. The van der Waals surface area contributed by atoms with Crippen molar-refractivity contribution in [1.82, 2.24) is 5.32 Å². The Hall–Kier alpha value is -1.20. The van der Waals surface area contributed by atoms with Crippen LogP contribution >= 0.6 is 11.8 Å². The van der Waals surface area contributed by atoms with Gasteiger partial charge in [-0.25, -0.2) is 0 Å². The number of ether oxygens (including phenoxy) is 1. The van der Waals surface area contributed by atoms with Crippen molar-refractivity contribution in [3.05, 3.63) is 24.3 Å². The Morgan fingerprint density at radius 1 is 1.42 bits per heavy atom.